The van der Waals surface area contributed by atoms with E-state index in [1.54, 1.807) is 0 Å². The molecule has 25 heavy (non-hydrogen) atoms. The third kappa shape index (κ3) is 45.0. The van der Waals surface area contributed by atoms with Crippen LogP contribution in [0.15, 0.2) is 20.6 Å². The zero-order valence-electron chi connectivity index (χ0n) is 13.3. The predicted molar refractivity (Wildman–Crippen MR) is 82.7 cm³/mol. The molecule has 0 aromatic heterocycles. The first-order chi connectivity index (χ1) is 10.9. The molecule has 0 aliphatic rings. The minimum Gasteiger partial charge on any atom is -0.750 e. The van der Waals surface area contributed by atoms with Crippen LogP contribution in [0.25, 0.3) is 0 Å². The van der Waals surface area contributed by atoms with Crippen molar-refractivity contribution in [2.45, 2.75) is 27.7 Å². The maximum Gasteiger partial charge on any atom is 2.00 e. The molecular formula is C8H18CoN4O10S2. The molecule has 0 aromatic rings. The molecule has 0 aliphatic heterocycles. The fourth-order valence-corrected chi connectivity index (χ4v) is 0.289. The van der Waals surface area contributed by atoms with Gasteiger partial charge in [-0.25, -0.2) is 8.42 Å². The number of rotatable bonds is 2. The van der Waals surface area contributed by atoms with E-state index in [0.717, 1.165) is 0 Å². The predicted octanol–water partition coefficient (Wildman–Crippen LogP) is 0.0477. The Morgan fingerprint density at radius 1 is 0.640 bits per heavy atom. The average molecular weight is 453 g/mol. The van der Waals surface area contributed by atoms with Crippen LogP contribution in [-0.4, -0.2) is 70.3 Å². The summed E-state index contributed by atoms with van der Waals surface area (Å²) in [5, 5.41) is 43.3. The van der Waals surface area contributed by atoms with Gasteiger partial charge in [-0.3, -0.25) is 0 Å². The first-order valence-corrected chi connectivity index (χ1v) is 7.29. The van der Waals surface area contributed by atoms with Crippen molar-refractivity contribution >= 4 is 45.6 Å². The van der Waals surface area contributed by atoms with Crippen molar-refractivity contribution in [3.63, 3.8) is 0 Å². The maximum atomic E-state index is 8.56. The first kappa shape index (κ1) is 34.8. The summed E-state index contributed by atoms with van der Waals surface area (Å²) in [7, 11) is 0. The molecule has 1 radical (unpaired) electrons. The minimum atomic E-state index is -2.86. The van der Waals surface area contributed by atoms with E-state index in [2.05, 4.69) is 20.6 Å². The third-order valence-corrected chi connectivity index (χ3v) is 1.65. The molecule has 0 aromatic carbocycles. The molecule has 0 bridgehead atoms. The van der Waals surface area contributed by atoms with Gasteiger partial charge < -0.3 is 39.0 Å². The smallest absolute Gasteiger partial charge is 0.750 e. The standard InChI is InChI=1S/2C4H8N2O2.Co.2H2O3S/c2*1-3(5-7)4(2)6-8;;2*1-4(2)3/h2*7-8H,1-2H3;;2*(H2,1,2,3)/q;;+2;;/p-2/b2*5-3+,6-4+;;;. The second-order valence-electron chi connectivity index (χ2n) is 3.18. The number of hydrogen-bond acceptors (Lipinski definition) is 12. The van der Waals surface area contributed by atoms with Crippen LogP contribution in [0, 0.1) is 0 Å². The Kier molecular flexibility index (Phi) is 34.5. The van der Waals surface area contributed by atoms with Gasteiger partial charge in [0, 0.05) is 0 Å². The van der Waals surface area contributed by atoms with Gasteiger partial charge in [0.05, 0.1) is 22.7 Å². The second-order valence-corrected chi connectivity index (χ2v) is 4.04. The van der Waals surface area contributed by atoms with E-state index >= 15 is 0 Å². The van der Waals surface area contributed by atoms with Gasteiger partial charge in [0.1, 0.15) is 22.8 Å². The van der Waals surface area contributed by atoms with Gasteiger partial charge in [0.25, 0.3) is 0 Å². The Bertz CT molecular complexity index is 413. The molecular weight excluding hydrogens is 435 g/mol. The van der Waals surface area contributed by atoms with E-state index in [1.807, 2.05) is 0 Å². The Hall–Kier alpha value is -1.47. The molecule has 17 heteroatoms. The Labute approximate surface area is 158 Å². The van der Waals surface area contributed by atoms with Crippen LogP contribution in [0.3, 0.4) is 0 Å². The number of nitrogens with zero attached hydrogens (tertiary/aromatic N) is 4. The average Bonchev–Trinajstić information content (AvgIpc) is 2.51. The molecule has 0 fully saturated rings. The number of hydrogen-bond donors (Lipinski definition) is 6. The molecule has 0 rings (SSSR count). The zero-order chi connectivity index (χ0) is 20.3. The third-order valence-electron chi connectivity index (χ3n) is 1.65. The van der Waals surface area contributed by atoms with E-state index < -0.39 is 22.7 Å². The van der Waals surface area contributed by atoms with Crippen LogP contribution in [-0.2, 0) is 39.5 Å². The molecule has 151 valence electrons. The van der Waals surface area contributed by atoms with Gasteiger partial charge in [-0.1, -0.05) is 20.6 Å². The van der Waals surface area contributed by atoms with Gasteiger partial charge >= 0.3 is 16.8 Å². The zero-order valence-corrected chi connectivity index (χ0v) is 15.9. The van der Waals surface area contributed by atoms with Crippen molar-refractivity contribution in [3.05, 3.63) is 0 Å². The van der Waals surface area contributed by atoms with Crippen LogP contribution < -0.4 is 0 Å². The second kappa shape index (κ2) is 24.8. The van der Waals surface area contributed by atoms with Gasteiger partial charge in [0.2, 0.25) is 0 Å². The van der Waals surface area contributed by atoms with Crippen molar-refractivity contribution in [1.29, 1.82) is 0 Å². The molecule has 0 spiro atoms. The fourth-order valence-electron chi connectivity index (χ4n) is 0.289. The van der Waals surface area contributed by atoms with E-state index in [-0.39, 0.29) is 16.8 Å². The molecule has 0 saturated heterocycles. The van der Waals surface area contributed by atoms with Gasteiger partial charge in [0.15, 0.2) is 0 Å². The van der Waals surface area contributed by atoms with E-state index in [4.69, 9.17) is 47.5 Å². The first-order valence-electron chi connectivity index (χ1n) is 5.23. The molecule has 2 atom stereocenters. The molecule has 2 unspecified atom stereocenters. The maximum absolute atomic E-state index is 8.56. The van der Waals surface area contributed by atoms with Crippen molar-refractivity contribution in [1.82, 2.24) is 0 Å². The van der Waals surface area contributed by atoms with E-state index in [1.165, 1.54) is 27.7 Å². The van der Waals surface area contributed by atoms with Crippen LogP contribution in [0.2, 0.25) is 0 Å². The van der Waals surface area contributed by atoms with Gasteiger partial charge in [-0.2, -0.15) is 0 Å². The Morgan fingerprint density at radius 2 is 0.720 bits per heavy atom. The van der Waals surface area contributed by atoms with Crippen LogP contribution in [0.1, 0.15) is 27.7 Å². The molecule has 0 saturated carbocycles. The largest absolute Gasteiger partial charge is 2.00 e. The van der Waals surface area contributed by atoms with Crippen LogP contribution >= 0.6 is 0 Å². The summed E-state index contributed by atoms with van der Waals surface area (Å²) in [5.41, 5.74) is 1.25. The topological polar surface area (TPSA) is 251 Å². The quantitative estimate of drug-likeness (QED) is 0.142. The van der Waals surface area contributed by atoms with Crippen molar-refractivity contribution in [3.8, 4) is 0 Å². The van der Waals surface area contributed by atoms with Crippen LogP contribution in [0.5, 0.6) is 0 Å². The summed E-state index contributed by atoms with van der Waals surface area (Å²) in [6, 6.07) is 0. The summed E-state index contributed by atoms with van der Waals surface area (Å²) in [5.74, 6) is 0. The summed E-state index contributed by atoms with van der Waals surface area (Å²) < 4.78 is 48.2. The van der Waals surface area contributed by atoms with Gasteiger partial charge in [-0.05, 0) is 27.7 Å². The summed E-state index contributed by atoms with van der Waals surface area (Å²) in [6.45, 7) is 6.15. The molecule has 0 heterocycles. The SMILES string of the molecule is CC(=N\O)/C(C)=N/O.CC(=N\O)/C(C)=N/O.O=S([O-])O.O=S([O-])O.[Co+2]. The van der Waals surface area contributed by atoms with E-state index in [0.29, 0.717) is 22.8 Å². The summed E-state index contributed by atoms with van der Waals surface area (Å²) >= 11 is -5.72. The van der Waals surface area contributed by atoms with E-state index in [9.17, 15) is 0 Å². The van der Waals surface area contributed by atoms with Gasteiger partial charge in [-0.15, -0.1) is 0 Å². The Balaban J connectivity index is -0.0000000739. The number of oxime groups is 4. The van der Waals surface area contributed by atoms with Crippen molar-refractivity contribution in [2.24, 2.45) is 20.6 Å². The molecule has 14 nitrogen and oxygen atoms in total. The minimum absolute atomic E-state index is 0. The summed E-state index contributed by atoms with van der Waals surface area (Å²) in [4.78, 5) is 0. The fraction of sp³-hybridized carbons (Fsp3) is 0.500. The normalized spacial score (nSPS) is 14.1. The molecule has 0 amide bonds. The molecule has 6 N–H and O–H groups in total. The summed E-state index contributed by atoms with van der Waals surface area (Å²) in [6.07, 6.45) is 0. The Morgan fingerprint density at radius 3 is 0.760 bits per heavy atom. The monoisotopic (exact) mass is 453 g/mol. The van der Waals surface area contributed by atoms with Crippen LogP contribution in [0.4, 0.5) is 0 Å². The van der Waals surface area contributed by atoms with Crippen molar-refractivity contribution < 1.29 is 64.2 Å². The van der Waals surface area contributed by atoms with Crippen molar-refractivity contribution in [2.75, 3.05) is 0 Å². The molecule has 0 aliphatic carbocycles.